The number of hydrogen-bond donors (Lipinski definition) is 2. The van der Waals surface area contributed by atoms with Crippen LogP contribution in [0.2, 0.25) is 0 Å². The first-order valence-electron chi connectivity index (χ1n) is 7.64. The topological polar surface area (TPSA) is 59.0 Å². The highest BCUT2D eigenvalue weighted by atomic mass is 16.2. The highest BCUT2D eigenvalue weighted by molar-refractivity contribution is 5.99. The van der Waals surface area contributed by atoms with Crippen molar-refractivity contribution in [3.8, 4) is 0 Å². The zero-order valence-electron chi connectivity index (χ0n) is 13.5. The second-order valence-corrected chi connectivity index (χ2v) is 5.84. The Bertz CT molecular complexity index is 834. The molecule has 0 unspecified atom stereocenters. The average Bonchev–Trinajstić information content (AvgIpc) is 2.84. The molecule has 0 spiro atoms. The molecule has 1 heterocycles. The van der Waals surface area contributed by atoms with Crippen LogP contribution in [0.5, 0.6) is 0 Å². The van der Waals surface area contributed by atoms with Crippen molar-refractivity contribution in [1.82, 2.24) is 9.55 Å². The Balaban J connectivity index is 1.72. The van der Waals surface area contributed by atoms with Crippen molar-refractivity contribution in [1.29, 1.82) is 0 Å². The summed E-state index contributed by atoms with van der Waals surface area (Å²) in [6.45, 7) is 4.28. The number of benzene rings is 2. The molecule has 2 N–H and O–H groups in total. The van der Waals surface area contributed by atoms with E-state index in [-0.39, 0.29) is 6.03 Å². The summed E-state index contributed by atoms with van der Waals surface area (Å²) in [5, 5.41) is 5.61. The Kier molecular flexibility index (Phi) is 4.02. The van der Waals surface area contributed by atoms with Crippen LogP contribution in [0.3, 0.4) is 0 Å². The highest BCUT2D eigenvalue weighted by Crippen LogP contribution is 2.19. The molecule has 118 valence electrons. The summed E-state index contributed by atoms with van der Waals surface area (Å²) in [6, 6.07) is 15.3. The molecule has 0 atom stereocenters. The molecular weight excluding hydrogens is 288 g/mol. The van der Waals surface area contributed by atoms with E-state index in [0.717, 1.165) is 16.7 Å². The van der Waals surface area contributed by atoms with Crippen LogP contribution < -0.4 is 10.6 Å². The normalized spacial score (nSPS) is 11.0. The third-order valence-electron chi connectivity index (χ3n) is 3.85. The molecule has 5 nitrogen and oxygen atoms in total. The molecule has 2 aromatic carbocycles. The number of rotatable bonds is 3. The maximum Gasteiger partial charge on any atom is 0.326 e. The molecule has 0 saturated carbocycles. The second kappa shape index (κ2) is 6.12. The average molecular weight is 308 g/mol. The second-order valence-electron chi connectivity index (χ2n) is 5.84. The first-order valence-corrected chi connectivity index (χ1v) is 7.64. The molecule has 2 amide bonds. The molecule has 0 saturated heterocycles. The van der Waals surface area contributed by atoms with Gasteiger partial charge in [-0.3, -0.25) is 5.32 Å². The van der Waals surface area contributed by atoms with Gasteiger partial charge in [-0.05, 0) is 35.7 Å². The van der Waals surface area contributed by atoms with Gasteiger partial charge in [-0.15, -0.1) is 0 Å². The van der Waals surface area contributed by atoms with Crippen LogP contribution in [0.4, 0.5) is 16.4 Å². The number of aromatic nitrogens is 2. The van der Waals surface area contributed by atoms with Crippen LogP contribution in [0.25, 0.3) is 11.0 Å². The first-order chi connectivity index (χ1) is 11.0. The number of para-hydroxylation sites is 2. The minimum atomic E-state index is -0.305. The number of aryl methyl sites for hydroxylation is 1. The first kappa shape index (κ1) is 15.1. The third-order valence-corrected chi connectivity index (χ3v) is 3.85. The van der Waals surface area contributed by atoms with E-state index in [2.05, 4.69) is 29.5 Å². The molecule has 0 aliphatic heterocycles. The molecule has 0 aliphatic carbocycles. The summed E-state index contributed by atoms with van der Waals surface area (Å²) in [5.74, 6) is 0.986. The number of urea groups is 1. The van der Waals surface area contributed by atoms with Crippen molar-refractivity contribution >= 4 is 28.7 Å². The maximum absolute atomic E-state index is 12.2. The number of carbonyl (C=O) groups excluding carboxylic acids is 1. The fourth-order valence-corrected chi connectivity index (χ4v) is 2.47. The number of anilines is 2. The van der Waals surface area contributed by atoms with E-state index in [1.807, 2.05) is 60.1 Å². The number of nitrogens with one attached hydrogen (secondary N) is 2. The fourth-order valence-electron chi connectivity index (χ4n) is 2.47. The van der Waals surface area contributed by atoms with Crippen LogP contribution in [0.1, 0.15) is 25.3 Å². The number of hydrogen-bond acceptors (Lipinski definition) is 2. The zero-order chi connectivity index (χ0) is 16.4. The number of nitrogens with zero attached hydrogens (tertiary/aromatic N) is 2. The lowest BCUT2D eigenvalue weighted by atomic mass is 10.0. The lowest BCUT2D eigenvalue weighted by molar-refractivity contribution is 0.262. The van der Waals surface area contributed by atoms with Crippen LogP contribution in [0.15, 0.2) is 48.5 Å². The van der Waals surface area contributed by atoms with Gasteiger partial charge in [0.2, 0.25) is 5.95 Å². The predicted octanol–water partition coefficient (Wildman–Crippen LogP) is 4.34. The zero-order valence-corrected chi connectivity index (χ0v) is 13.5. The van der Waals surface area contributed by atoms with Gasteiger partial charge in [-0.25, -0.2) is 9.78 Å². The number of amides is 2. The summed E-state index contributed by atoms with van der Waals surface area (Å²) in [6.07, 6.45) is 0. The summed E-state index contributed by atoms with van der Waals surface area (Å²) < 4.78 is 1.86. The Morgan fingerprint density at radius 2 is 1.74 bits per heavy atom. The Morgan fingerprint density at radius 1 is 1.04 bits per heavy atom. The number of imidazole rings is 1. The van der Waals surface area contributed by atoms with Crippen molar-refractivity contribution in [2.75, 3.05) is 10.6 Å². The van der Waals surface area contributed by atoms with Gasteiger partial charge >= 0.3 is 6.03 Å². The van der Waals surface area contributed by atoms with Crippen molar-refractivity contribution in [3.05, 3.63) is 54.1 Å². The lowest BCUT2D eigenvalue weighted by Crippen LogP contribution is -2.21. The molecule has 0 aliphatic rings. The van der Waals surface area contributed by atoms with E-state index in [9.17, 15) is 4.79 Å². The van der Waals surface area contributed by atoms with Gasteiger partial charge in [0.15, 0.2) is 0 Å². The number of carbonyl (C=O) groups is 1. The van der Waals surface area contributed by atoms with Crippen LogP contribution in [-0.2, 0) is 7.05 Å². The molecule has 3 rings (SSSR count). The monoisotopic (exact) mass is 308 g/mol. The smallest absolute Gasteiger partial charge is 0.313 e. The van der Waals surface area contributed by atoms with E-state index in [4.69, 9.17) is 0 Å². The Morgan fingerprint density at radius 3 is 2.39 bits per heavy atom. The Labute approximate surface area is 135 Å². The van der Waals surface area contributed by atoms with Crippen LogP contribution in [-0.4, -0.2) is 15.6 Å². The highest BCUT2D eigenvalue weighted by Gasteiger charge is 2.10. The van der Waals surface area contributed by atoms with Gasteiger partial charge in [0.1, 0.15) is 0 Å². The van der Waals surface area contributed by atoms with Crippen molar-refractivity contribution in [3.63, 3.8) is 0 Å². The van der Waals surface area contributed by atoms with Crippen LogP contribution >= 0.6 is 0 Å². The molecule has 0 radical (unpaired) electrons. The molecule has 23 heavy (non-hydrogen) atoms. The van der Waals surface area contributed by atoms with E-state index >= 15 is 0 Å². The number of fused-ring (bicyclic) bond motifs is 1. The third kappa shape index (κ3) is 3.18. The maximum atomic E-state index is 12.2. The minimum absolute atomic E-state index is 0.305. The molecule has 5 heteroatoms. The molecule has 0 bridgehead atoms. The largest absolute Gasteiger partial charge is 0.326 e. The summed E-state index contributed by atoms with van der Waals surface area (Å²) >= 11 is 0. The van der Waals surface area contributed by atoms with E-state index in [1.54, 1.807) is 0 Å². The summed E-state index contributed by atoms with van der Waals surface area (Å²) in [4.78, 5) is 16.6. The lowest BCUT2D eigenvalue weighted by Gasteiger charge is -2.09. The van der Waals surface area contributed by atoms with Gasteiger partial charge in [-0.2, -0.15) is 0 Å². The fraction of sp³-hybridized carbons (Fsp3) is 0.222. The van der Waals surface area contributed by atoms with E-state index in [1.165, 1.54) is 5.56 Å². The molecule has 0 fully saturated rings. The van der Waals surface area contributed by atoms with Gasteiger partial charge in [0.25, 0.3) is 0 Å². The predicted molar refractivity (Wildman–Crippen MR) is 93.9 cm³/mol. The van der Waals surface area contributed by atoms with Gasteiger partial charge < -0.3 is 9.88 Å². The van der Waals surface area contributed by atoms with Crippen molar-refractivity contribution in [2.24, 2.45) is 7.05 Å². The minimum Gasteiger partial charge on any atom is -0.313 e. The van der Waals surface area contributed by atoms with E-state index in [0.29, 0.717) is 11.9 Å². The Hall–Kier alpha value is -2.82. The van der Waals surface area contributed by atoms with Crippen LogP contribution in [0, 0.1) is 0 Å². The van der Waals surface area contributed by atoms with Gasteiger partial charge in [0.05, 0.1) is 11.0 Å². The SMILES string of the molecule is CC(C)c1ccc(NC(=O)Nc2nc3ccccc3n2C)cc1. The van der Waals surface area contributed by atoms with Gasteiger partial charge in [-0.1, -0.05) is 38.1 Å². The van der Waals surface area contributed by atoms with Crippen molar-refractivity contribution in [2.45, 2.75) is 19.8 Å². The summed E-state index contributed by atoms with van der Waals surface area (Å²) in [5.41, 5.74) is 3.83. The quantitative estimate of drug-likeness (QED) is 0.756. The van der Waals surface area contributed by atoms with Crippen molar-refractivity contribution < 1.29 is 4.79 Å². The molecule has 3 aromatic rings. The van der Waals surface area contributed by atoms with E-state index < -0.39 is 0 Å². The molecule has 1 aromatic heterocycles. The van der Waals surface area contributed by atoms with Gasteiger partial charge in [0, 0.05) is 12.7 Å². The molecular formula is C18H20N4O. The standard InChI is InChI=1S/C18H20N4O/c1-12(2)13-8-10-14(11-9-13)19-18(23)21-17-20-15-6-4-5-7-16(15)22(17)3/h4-12H,1-3H3,(H2,19,20,21,23). The summed E-state index contributed by atoms with van der Waals surface area (Å²) in [7, 11) is 1.88.